The van der Waals surface area contributed by atoms with Gasteiger partial charge in [0, 0.05) is 10.4 Å². The maximum absolute atomic E-state index is 11.5. The number of hydrogen-bond donors (Lipinski definition) is 0. The van der Waals surface area contributed by atoms with Crippen LogP contribution in [0.3, 0.4) is 0 Å². The lowest BCUT2D eigenvalue weighted by Gasteiger charge is -2.05. The van der Waals surface area contributed by atoms with Crippen LogP contribution in [0.4, 0.5) is 0 Å². The van der Waals surface area contributed by atoms with Gasteiger partial charge in [-0.1, -0.05) is 35.9 Å². The van der Waals surface area contributed by atoms with Crippen molar-refractivity contribution in [2.24, 2.45) is 0 Å². The van der Waals surface area contributed by atoms with E-state index < -0.39 is 10.1 Å². The molecule has 83 valence electrons. The maximum atomic E-state index is 11.5. The van der Waals surface area contributed by atoms with Gasteiger partial charge in [0.2, 0.25) is 0 Å². The second-order valence-corrected chi connectivity index (χ2v) is 5.22. The fourth-order valence-electron chi connectivity index (χ4n) is 1.45. The van der Waals surface area contributed by atoms with E-state index in [2.05, 4.69) is 11.3 Å². The molecule has 0 saturated carbocycles. The third kappa shape index (κ3) is 1.91. The summed E-state index contributed by atoms with van der Waals surface area (Å²) in [4.78, 5) is 0.00574. The van der Waals surface area contributed by atoms with E-state index in [1.165, 1.54) is 12.1 Å². The predicted molar refractivity (Wildman–Crippen MR) is 62.6 cm³/mol. The topological polar surface area (TPSA) is 43.4 Å². The Morgan fingerprint density at radius 1 is 1.19 bits per heavy atom. The Morgan fingerprint density at radius 3 is 2.56 bits per heavy atom. The summed E-state index contributed by atoms with van der Waals surface area (Å²) < 4.78 is 27.1. The molecule has 0 bridgehead atoms. The molecule has 16 heavy (non-hydrogen) atoms. The third-order valence-corrected chi connectivity index (χ3v) is 3.66. The van der Waals surface area contributed by atoms with Crippen LogP contribution in [0.15, 0.2) is 41.3 Å². The lowest BCUT2D eigenvalue weighted by atomic mass is 10.1. The highest BCUT2D eigenvalue weighted by Gasteiger charge is 2.15. The molecular formula is C11H8ClO3S. The SMILES string of the molecule is [CH2]OS(=O)(=O)c1cc(Cl)c2ccccc2c1. The van der Waals surface area contributed by atoms with Gasteiger partial charge in [0.05, 0.1) is 12.0 Å². The smallest absolute Gasteiger partial charge is 0.264 e. The highest BCUT2D eigenvalue weighted by atomic mass is 35.5. The van der Waals surface area contributed by atoms with E-state index in [1.807, 2.05) is 12.1 Å². The first kappa shape index (κ1) is 11.4. The monoisotopic (exact) mass is 255 g/mol. The van der Waals surface area contributed by atoms with Crippen LogP contribution in [-0.4, -0.2) is 8.42 Å². The number of halogens is 1. The van der Waals surface area contributed by atoms with Gasteiger partial charge in [-0.05, 0) is 17.5 Å². The lowest BCUT2D eigenvalue weighted by molar-refractivity contribution is 0.438. The van der Waals surface area contributed by atoms with E-state index in [0.717, 1.165) is 10.8 Å². The molecule has 0 saturated heterocycles. The average Bonchev–Trinajstić information content (AvgIpc) is 2.29. The first-order valence-electron chi connectivity index (χ1n) is 4.41. The molecular weight excluding hydrogens is 248 g/mol. The summed E-state index contributed by atoms with van der Waals surface area (Å²) in [5.74, 6) is 0. The molecule has 0 unspecified atom stereocenters. The van der Waals surface area contributed by atoms with Crippen molar-refractivity contribution in [1.29, 1.82) is 0 Å². The molecule has 0 amide bonds. The van der Waals surface area contributed by atoms with Crippen LogP contribution in [0.25, 0.3) is 10.8 Å². The quantitative estimate of drug-likeness (QED) is 0.775. The number of rotatable bonds is 2. The van der Waals surface area contributed by atoms with Gasteiger partial charge in [-0.3, -0.25) is 4.18 Å². The minimum atomic E-state index is -3.81. The molecule has 5 heteroatoms. The van der Waals surface area contributed by atoms with E-state index in [1.54, 1.807) is 12.1 Å². The summed E-state index contributed by atoms with van der Waals surface area (Å²) in [6.45, 7) is 0. The molecule has 1 radical (unpaired) electrons. The molecule has 0 N–H and O–H groups in total. The minimum Gasteiger partial charge on any atom is -0.264 e. The van der Waals surface area contributed by atoms with Crippen molar-refractivity contribution in [2.45, 2.75) is 4.90 Å². The van der Waals surface area contributed by atoms with Crippen LogP contribution in [0.1, 0.15) is 0 Å². The van der Waals surface area contributed by atoms with Gasteiger partial charge in [0.25, 0.3) is 10.1 Å². The largest absolute Gasteiger partial charge is 0.297 e. The molecule has 2 aromatic rings. The van der Waals surface area contributed by atoms with Crippen molar-refractivity contribution in [3.05, 3.63) is 48.5 Å². The third-order valence-electron chi connectivity index (χ3n) is 2.23. The van der Waals surface area contributed by atoms with E-state index in [-0.39, 0.29) is 4.90 Å². The Balaban J connectivity index is 2.77. The van der Waals surface area contributed by atoms with Crippen LogP contribution in [0.5, 0.6) is 0 Å². The first-order chi connectivity index (χ1) is 7.54. The molecule has 0 aliphatic rings. The van der Waals surface area contributed by atoms with Crippen molar-refractivity contribution in [3.63, 3.8) is 0 Å². The van der Waals surface area contributed by atoms with Crippen molar-refractivity contribution in [3.8, 4) is 0 Å². The second kappa shape index (κ2) is 4.05. The fourth-order valence-corrected chi connectivity index (χ4v) is 2.47. The number of hydrogen-bond acceptors (Lipinski definition) is 3. The van der Waals surface area contributed by atoms with E-state index in [9.17, 15) is 8.42 Å². The molecule has 0 aliphatic carbocycles. The Bertz CT molecular complexity index is 635. The maximum Gasteiger partial charge on any atom is 0.297 e. The van der Waals surface area contributed by atoms with Crippen molar-refractivity contribution >= 4 is 32.5 Å². The lowest BCUT2D eigenvalue weighted by Crippen LogP contribution is -2.01. The first-order valence-corrected chi connectivity index (χ1v) is 6.20. The zero-order valence-corrected chi connectivity index (χ0v) is 9.75. The highest BCUT2D eigenvalue weighted by Crippen LogP contribution is 2.27. The summed E-state index contributed by atoms with van der Waals surface area (Å²) in [5.41, 5.74) is 0. The second-order valence-electron chi connectivity index (χ2n) is 3.20. The minimum absolute atomic E-state index is 0.00574. The summed E-state index contributed by atoms with van der Waals surface area (Å²) in [5, 5.41) is 1.91. The van der Waals surface area contributed by atoms with Crippen LogP contribution in [0, 0.1) is 7.11 Å². The summed E-state index contributed by atoms with van der Waals surface area (Å²) >= 11 is 5.98. The molecule has 2 rings (SSSR count). The molecule has 0 heterocycles. The molecule has 0 spiro atoms. The van der Waals surface area contributed by atoms with Crippen LogP contribution in [-0.2, 0) is 14.3 Å². The fraction of sp³-hybridized carbons (Fsp3) is 0. The van der Waals surface area contributed by atoms with Gasteiger partial charge in [-0.2, -0.15) is 8.42 Å². The van der Waals surface area contributed by atoms with Gasteiger partial charge in [-0.25, -0.2) is 0 Å². The molecule has 0 aromatic heterocycles. The zero-order chi connectivity index (χ0) is 11.8. The average molecular weight is 256 g/mol. The van der Waals surface area contributed by atoms with Crippen molar-refractivity contribution in [2.75, 3.05) is 0 Å². The number of fused-ring (bicyclic) bond motifs is 1. The van der Waals surface area contributed by atoms with Gasteiger partial charge < -0.3 is 0 Å². The van der Waals surface area contributed by atoms with E-state index >= 15 is 0 Å². The highest BCUT2D eigenvalue weighted by molar-refractivity contribution is 7.86. The predicted octanol–water partition coefficient (Wildman–Crippen LogP) is 2.99. The Hall–Kier alpha value is -1.10. The van der Waals surface area contributed by atoms with Crippen molar-refractivity contribution < 1.29 is 12.6 Å². The zero-order valence-electron chi connectivity index (χ0n) is 8.18. The Kier molecular flexibility index (Phi) is 2.88. The molecule has 0 aliphatic heterocycles. The summed E-state index contributed by atoms with van der Waals surface area (Å²) in [7, 11) is -0.895. The molecule has 0 atom stereocenters. The normalized spacial score (nSPS) is 11.9. The summed E-state index contributed by atoms with van der Waals surface area (Å²) in [6.07, 6.45) is 0. The molecule has 3 nitrogen and oxygen atoms in total. The molecule has 0 fully saturated rings. The van der Waals surface area contributed by atoms with Crippen molar-refractivity contribution in [1.82, 2.24) is 0 Å². The van der Waals surface area contributed by atoms with Crippen LogP contribution >= 0.6 is 11.6 Å². The van der Waals surface area contributed by atoms with Gasteiger partial charge in [0.15, 0.2) is 0 Å². The standard InChI is InChI=1S/C11H8ClO3S/c1-15-16(13,14)9-6-8-4-2-3-5-10(8)11(12)7-9/h2-7H,1H2. The van der Waals surface area contributed by atoms with Gasteiger partial charge in [0.1, 0.15) is 0 Å². The summed E-state index contributed by atoms with van der Waals surface area (Å²) in [6, 6.07) is 10.1. The Morgan fingerprint density at radius 2 is 1.88 bits per heavy atom. The van der Waals surface area contributed by atoms with E-state index in [4.69, 9.17) is 11.6 Å². The van der Waals surface area contributed by atoms with Gasteiger partial charge >= 0.3 is 0 Å². The number of benzene rings is 2. The van der Waals surface area contributed by atoms with Crippen LogP contribution in [0.2, 0.25) is 5.02 Å². The van der Waals surface area contributed by atoms with Gasteiger partial charge in [-0.15, -0.1) is 0 Å². The van der Waals surface area contributed by atoms with E-state index in [0.29, 0.717) is 5.02 Å². The molecule has 2 aromatic carbocycles. The van der Waals surface area contributed by atoms with Crippen LogP contribution < -0.4 is 0 Å². The Labute approximate surface area is 98.7 Å².